The van der Waals surface area contributed by atoms with E-state index in [1.54, 1.807) is 7.05 Å². The molecule has 2 aromatic heterocycles. The Morgan fingerprint density at radius 1 is 1.35 bits per heavy atom. The molecule has 0 radical (unpaired) electrons. The Morgan fingerprint density at radius 2 is 2.06 bits per heavy atom. The fourth-order valence-corrected chi connectivity index (χ4v) is 1.65. The molecule has 8 heteroatoms. The van der Waals surface area contributed by atoms with Gasteiger partial charge in [0.2, 0.25) is 0 Å². The predicted octanol–water partition coefficient (Wildman–Crippen LogP) is -1.68. The van der Waals surface area contributed by atoms with Gasteiger partial charge in [0.1, 0.15) is 6.73 Å². The van der Waals surface area contributed by atoms with Crippen molar-refractivity contribution in [2.75, 3.05) is 6.73 Å². The molecule has 0 aliphatic heterocycles. The van der Waals surface area contributed by atoms with Crippen LogP contribution < -0.4 is 17.0 Å². The lowest BCUT2D eigenvalue weighted by Crippen LogP contribution is -2.37. The Labute approximate surface area is 95.8 Å². The monoisotopic (exact) mass is 239 g/mol. The number of aromatic nitrogens is 4. The van der Waals surface area contributed by atoms with Crippen LogP contribution in [0.5, 0.6) is 0 Å². The van der Waals surface area contributed by atoms with E-state index >= 15 is 0 Å². The maximum atomic E-state index is 11.9. The lowest BCUT2D eigenvalue weighted by Gasteiger charge is -2.06. The van der Waals surface area contributed by atoms with Crippen LogP contribution in [0.15, 0.2) is 15.9 Å². The third-order valence-corrected chi connectivity index (χ3v) is 2.57. The number of hydrogen-bond acceptors (Lipinski definition) is 5. The molecule has 0 bridgehead atoms. The molecule has 17 heavy (non-hydrogen) atoms. The lowest BCUT2D eigenvalue weighted by atomic mass is 10.5. The van der Waals surface area contributed by atoms with Crippen molar-refractivity contribution < 1.29 is 4.74 Å². The second-order valence-electron chi connectivity index (χ2n) is 3.59. The first-order valence-electron chi connectivity index (χ1n) is 4.96. The summed E-state index contributed by atoms with van der Waals surface area (Å²) >= 11 is 0. The van der Waals surface area contributed by atoms with Crippen LogP contribution in [-0.4, -0.2) is 25.4 Å². The second kappa shape index (κ2) is 4.15. The molecule has 0 saturated heterocycles. The molecule has 8 nitrogen and oxygen atoms in total. The highest BCUT2D eigenvalue weighted by molar-refractivity contribution is 5.69. The van der Waals surface area contributed by atoms with Gasteiger partial charge in [0.05, 0.1) is 13.1 Å². The number of nitrogens with zero attached hydrogens (tertiary/aromatic N) is 4. The van der Waals surface area contributed by atoms with E-state index in [1.165, 1.54) is 22.5 Å². The normalized spacial score (nSPS) is 11.2. The molecule has 2 N–H and O–H groups in total. The number of fused-ring (bicyclic) bond motifs is 1. The number of nitrogens with two attached hydrogens (primary N) is 1. The Hall–Kier alpha value is -1.93. The standard InChI is InChI=1S/C9H13N5O3/c1-12-7-6(8(15)13(2)9(12)16)14(4-11-7)5-17-3-10/h4H,3,5,10H2,1-2H3. The van der Waals surface area contributed by atoms with Crippen molar-refractivity contribution in [3.05, 3.63) is 27.2 Å². The summed E-state index contributed by atoms with van der Waals surface area (Å²) in [7, 11) is 2.98. The van der Waals surface area contributed by atoms with Gasteiger partial charge in [-0.05, 0) is 0 Å². The average molecular weight is 239 g/mol. The summed E-state index contributed by atoms with van der Waals surface area (Å²) in [5.41, 5.74) is 5.06. The molecule has 2 aromatic rings. The Balaban J connectivity index is 2.77. The van der Waals surface area contributed by atoms with Crippen LogP contribution in [0, 0.1) is 0 Å². The molecule has 0 amide bonds. The minimum atomic E-state index is -0.410. The maximum Gasteiger partial charge on any atom is 0.332 e. The zero-order valence-corrected chi connectivity index (χ0v) is 9.58. The van der Waals surface area contributed by atoms with Crippen molar-refractivity contribution in [1.29, 1.82) is 0 Å². The van der Waals surface area contributed by atoms with Gasteiger partial charge in [-0.2, -0.15) is 0 Å². The summed E-state index contributed by atoms with van der Waals surface area (Å²) in [5, 5.41) is 0. The van der Waals surface area contributed by atoms with Crippen molar-refractivity contribution in [1.82, 2.24) is 18.7 Å². The van der Waals surface area contributed by atoms with Crippen molar-refractivity contribution in [2.24, 2.45) is 19.8 Å². The first-order chi connectivity index (χ1) is 8.07. The molecule has 0 saturated carbocycles. The predicted molar refractivity (Wildman–Crippen MR) is 60.4 cm³/mol. The minimum absolute atomic E-state index is 0.0474. The van der Waals surface area contributed by atoms with E-state index in [0.29, 0.717) is 11.2 Å². The van der Waals surface area contributed by atoms with E-state index in [9.17, 15) is 9.59 Å². The number of aryl methyl sites for hydroxylation is 1. The van der Waals surface area contributed by atoms with Crippen molar-refractivity contribution in [3.8, 4) is 0 Å². The first-order valence-corrected chi connectivity index (χ1v) is 4.96. The SMILES string of the molecule is Cn1c(=O)c2c(ncn2COCN)n(C)c1=O. The number of hydrogen-bond donors (Lipinski definition) is 1. The van der Waals surface area contributed by atoms with E-state index in [-0.39, 0.29) is 13.5 Å². The molecule has 0 aliphatic carbocycles. The van der Waals surface area contributed by atoms with E-state index in [0.717, 1.165) is 4.57 Å². The third kappa shape index (κ3) is 1.67. The van der Waals surface area contributed by atoms with Crippen molar-refractivity contribution >= 4 is 11.2 Å². The molecule has 0 aromatic carbocycles. The Kier molecular flexibility index (Phi) is 2.82. The van der Waals surface area contributed by atoms with Gasteiger partial charge in [0, 0.05) is 14.1 Å². The molecule has 0 aliphatic rings. The summed E-state index contributed by atoms with van der Waals surface area (Å²) in [6.07, 6.45) is 1.45. The third-order valence-electron chi connectivity index (χ3n) is 2.57. The highest BCUT2D eigenvalue weighted by Crippen LogP contribution is 2.04. The summed E-state index contributed by atoms with van der Waals surface area (Å²) in [4.78, 5) is 27.6. The first kappa shape index (κ1) is 11.6. The van der Waals surface area contributed by atoms with Gasteiger partial charge in [-0.3, -0.25) is 13.9 Å². The molecule has 92 valence electrons. The zero-order chi connectivity index (χ0) is 12.6. The van der Waals surface area contributed by atoms with Crippen LogP contribution in [0.3, 0.4) is 0 Å². The van der Waals surface area contributed by atoms with Gasteiger partial charge >= 0.3 is 5.69 Å². The number of rotatable bonds is 3. The van der Waals surface area contributed by atoms with Crippen LogP contribution in [0.1, 0.15) is 0 Å². The fourth-order valence-electron chi connectivity index (χ4n) is 1.65. The second-order valence-corrected chi connectivity index (χ2v) is 3.59. The van der Waals surface area contributed by atoms with Gasteiger partial charge in [-0.1, -0.05) is 0 Å². The van der Waals surface area contributed by atoms with Gasteiger partial charge < -0.3 is 15.0 Å². The molecule has 0 spiro atoms. The number of imidazole rings is 1. The van der Waals surface area contributed by atoms with E-state index in [4.69, 9.17) is 10.5 Å². The summed E-state index contributed by atoms with van der Waals surface area (Å²) in [6.45, 7) is 0.173. The van der Waals surface area contributed by atoms with Gasteiger partial charge in [0.25, 0.3) is 5.56 Å². The van der Waals surface area contributed by atoms with E-state index in [1.807, 2.05) is 0 Å². The molecule has 2 rings (SSSR count). The maximum absolute atomic E-state index is 11.9. The van der Waals surface area contributed by atoms with Gasteiger partial charge in [-0.25, -0.2) is 9.78 Å². The largest absolute Gasteiger partial charge is 0.346 e. The van der Waals surface area contributed by atoms with Crippen LogP contribution in [-0.2, 0) is 25.6 Å². The quantitative estimate of drug-likeness (QED) is 0.645. The average Bonchev–Trinajstić information content (AvgIpc) is 2.75. The van der Waals surface area contributed by atoms with Crippen LogP contribution in [0.2, 0.25) is 0 Å². The van der Waals surface area contributed by atoms with Gasteiger partial charge in [0.15, 0.2) is 11.2 Å². The summed E-state index contributed by atoms with van der Waals surface area (Å²) in [5.74, 6) is 0. The lowest BCUT2D eigenvalue weighted by molar-refractivity contribution is 0.0847. The molecule has 0 atom stereocenters. The van der Waals surface area contributed by atoms with Crippen LogP contribution in [0.4, 0.5) is 0 Å². The highest BCUT2D eigenvalue weighted by Gasteiger charge is 2.13. The molecule has 0 unspecified atom stereocenters. The Bertz CT molecular complexity index is 666. The summed E-state index contributed by atoms with van der Waals surface area (Å²) in [6, 6.07) is 0. The van der Waals surface area contributed by atoms with Crippen LogP contribution >= 0.6 is 0 Å². The van der Waals surface area contributed by atoms with Crippen molar-refractivity contribution in [2.45, 2.75) is 6.73 Å². The summed E-state index contributed by atoms with van der Waals surface area (Å²) < 4.78 is 8.88. The van der Waals surface area contributed by atoms with Crippen LogP contribution in [0.25, 0.3) is 11.2 Å². The highest BCUT2D eigenvalue weighted by atomic mass is 16.5. The minimum Gasteiger partial charge on any atom is -0.346 e. The molecule has 2 heterocycles. The molecular formula is C9H13N5O3. The van der Waals surface area contributed by atoms with E-state index < -0.39 is 11.2 Å². The van der Waals surface area contributed by atoms with E-state index in [2.05, 4.69) is 4.98 Å². The smallest absolute Gasteiger partial charge is 0.332 e. The molecular weight excluding hydrogens is 226 g/mol. The Morgan fingerprint density at radius 3 is 2.71 bits per heavy atom. The van der Waals surface area contributed by atoms with Crippen molar-refractivity contribution in [3.63, 3.8) is 0 Å². The molecule has 0 fully saturated rings. The van der Waals surface area contributed by atoms with Gasteiger partial charge in [-0.15, -0.1) is 0 Å². The fraction of sp³-hybridized carbons (Fsp3) is 0.444. The topological polar surface area (TPSA) is 97.1 Å². The zero-order valence-electron chi connectivity index (χ0n) is 9.58. The number of ether oxygens (including phenoxy) is 1.